The van der Waals surface area contributed by atoms with Crippen LogP contribution in [0.15, 0.2) is 0 Å². The number of urea groups is 1. The van der Waals surface area contributed by atoms with Gasteiger partial charge in [-0.15, -0.1) is 0 Å². The van der Waals surface area contributed by atoms with E-state index in [9.17, 15) is 10.1 Å². The maximum atomic E-state index is 12.4. The first kappa shape index (κ1) is 15.2. The summed E-state index contributed by atoms with van der Waals surface area (Å²) in [5.74, 6) is 1.44. The molecule has 20 heavy (non-hydrogen) atoms. The molecule has 0 aromatic heterocycles. The lowest BCUT2D eigenvalue weighted by atomic mass is 9.76. The quantitative estimate of drug-likeness (QED) is 0.842. The molecule has 2 aliphatic rings. The smallest absolute Gasteiger partial charge is 0.318 e. The molecule has 0 aromatic carbocycles. The minimum atomic E-state index is -0.619. The fourth-order valence-corrected chi connectivity index (χ4v) is 3.34. The molecule has 0 aromatic rings. The normalized spacial score (nSPS) is 31.6. The highest BCUT2D eigenvalue weighted by molar-refractivity contribution is 5.75. The van der Waals surface area contributed by atoms with Crippen LogP contribution in [0.5, 0.6) is 0 Å². The third kappa shape index (κ3) is 3.45. The first-order valence-corrected chi connectivity index (χ1v) is 8.07. The van der Waals surface area contributed by atoms with Crippen LogP contribution in [0.4, 0.5) is 4.79 Å². The molecular weight excluding hydrogens is 250 g/mol. The topological polar surface area (TPSA) is 56.1 Å². The maximum Gasteiger partial charge on any atom is 0.318 e. The van der Waals surface area contributed by atoms with E-state index in [1.807, 2.05) is 4.90 Å². The Bertz CT molecular complexity index is 372. The Morgan fingerprint density at radius 2 is 1.90 bits per heavy atom. The second kappa shape index (κ2) is 6.47. The molecule has 112 valence electrons. The van der Waals surface area contributed by atoms with E-state index < -0.39 is 5.54 Å². The molecule has 1 aliphatic heterocycles. The zero-order valence-corrected chi connectivity index (χ0v) is 12.8. The van der Waals surface area contributed by atoms with Crippen molar-refractivity contribution < 1.29 is 4.79 Å². The fraction of sp³-hybridized carbons (Fsp3) is 0.875. The lowest BCUT2D eigenvalue weighted by Crippen LogP contribution is -2.55. The van der Waals surface area contributed by atoms with E-state index in [2.05, 4.69) is 25.2 Å². The van der Waals surface area contributed by atoms with Gasteiger partial charge in [0.15, 0.2) is 0 Å². The van der Waals surface area contributed by atoms with Crippen LogP contribution in [0.3, 0.4) is 0 Å². The molecular formula is C16H27N3O. The van der Waals surface area contributed by atoms with Crippen LogP contribution < -0.4 is 5.32 Å². The number of nitriles is 1. The summed E-state index contributed by atoms with van der Waals surface area (Å²) >= 11 is 0. The molecule has 1 aliphatic carbocycles. The van der Waals surface area contributed by atoms with Gasteiger partial charge < -0.3 is 10.2 Å². The highest BCUT2D eigenvalue weighted by atomic mass is 16.2. The monoisotopic (exact) mass is 277 g/mol. The second-order valence-corrected chi connectivity index (χ2v) is 6.65. The summed E-state index contributed by atoms with van der Waals surface area (Å²) in [6.45, 7) is 6.09. The number of piperidine rings is 1. The van der Waals surface area contributed by atoms with Crippen LogP contribution in [-0.4, -0.2) is 29.6 Å². The highest BCUT2D eigenvalue weighted by Gasteiger charge is 2.37. The number of carbonyl (C=O) groups excluding carboxylic acids is 1. The third-order valence-electron chi connectivity index (χ3n) is 5.17. The van der Waals surface area contributed by atoms with E-state index in [-0.39, 0.29) is 6.03 Å². The Morgan fingerprint density at radius 1 is 1.30 bits per heavy atom. The molecule has 1 heterocycles. The average Bonchev–Trinajstić information content (AvgIpc) is 2.48. The molecule has 0 atom stereocenters. The lowest BCUT2D eigenvalue weighted by Gasteiger charge is -2.38. The lowest BCUT2D eigenvalue weighted by molar-refractivity contribution is 0.155. The Morgan fingerprint density at radius 3 is 2.40 bits per heavy atom. The maximum absolute atomic E-state index is 12.4. The summed E-state index contributed by atoms with van der Waals surface area (Å²) in [6, 6.07) is 2.35. The van der Waals surface area contributed by atoms with Crippen LogP contribution in [0.1, 0.15) is 58.8 Å². The van der Waals surface area contributed by atoms with Crippen LogP contribution in [0.25, 0.3) is 0 Å². The van der Waals surface area contributed by atoms with Gasteiger partial charge in [-0.2, -0.15) is 5.26 Å². The zero-order chi connectivity index (χ0) is 14.6. The molecule has 1 N–H and O–H groups in total. The first-order chi connectivity index (χ1) is 9.58. The van der Waals surface area contributed by atoms with E-state index in [1.165, 1.54) is 6.42 Å². The molecule has 4 nitrogen and oxygen atoms in total. The van der Waals surface area contributed by atoms with E-state index in [1.54, 1.807) is 0 Å². The van der Waals surface area contributed by atoms with Gasteiger partial charge in [0.1, 0.15) is 5.54 Å². The van der Waals surface area contributed by atoms with Crippen molar-refractivity contribution in [2.75, 3.05) is 13.1 Å². The minimum Gasteiger partial charge on any atom is -0.325 e. The Kier molecular flexibility index (Phi) is 4.91. The van der Waals surface area contributed by atoms with Gasteiger partial charge in [0.25, 0.3) is 0 Å². The number of rotatable bonds is 2. The summed E-state index contributed by atoms with van der Waals surface area (Å²) < 4.78 is 0. The van der Waals surface area contributed by atoms with Crippen molar-refractivity contribution >= 4 is 6.03 Å². The predicted molar refractivity (Wildman–Crippen MR) is 79.1 cm³/mol. The SMILES string of the molecule is CCC1CCC(C#N)(NC(=O)N2CCC(C)CC2)CC1. The Hall–Kier alpha value is -1.24. The van der Waals surface area contributed by atoms with E-state index in [0.29, 0.717) is 5.92 Å². The van der Waals surface area contributed by atoms with E-state index in [0.717, 1.165) is 57.5 Å². The van der Waals surface area contributed by atoms with Crippen LogP contribution in [0.2, 0.25) is 0 Å². The first-order valence-electron chi connectivity index (χ1n) is 8.07. The Labute approximate surface area is 122 Å². The van der Waals surface area contributed by atoms with Gasteiger partial charge in [0.05, 0.1) is 6.07 Å². The molecule has 0 spiro atoms. The van der Waals surface area contributed by atoms with E-state index >= 15 is 0 Å². The van der Waals surface area contributed by atoms with Crippen LogP contribution >= 0.6 is 0 Å². The van der Waals surface area contributed by atoms with Crippen molar-refractivity contribution in [3.8, 4) is 6.07 Å². The van der Waals surface area contributed by atoms with Gasteiger partial charge in [-0.3, -0.25) is 0 Å². The van der Waals surface area contributed by atoms with Crippen LogP contribution in [-0.2, 0) is 0 Å². The van der Waals surface area contributed by atoms with Gasteiger partial charge in [-0.1, -0.05) is 20.3 Å². The number of nitrogens with one attached hydrogen (secondary N) is 1. The summed E-state index contributed by atoms with van der Waals surface area (Å²) in [7, 11) is 0. The van der Waals surface area contributed by atoms with Crippen molar-refractivity contribution in [1.29, 1.82) is 5.26 Å². The molecule has 4 heteroatoms. The van der Waals surface area contributed by atoms with Crippen molar-refractivity contribution in [3.63, 3.8) is 0 Å². The fourth-order valence-electron chi connectivity index (χ4n) is 3.34. The average molecular weight is 277 g/mol. The molecule has 0 bridgehead atoms. The standard InChI is InChI=1S/C16H27N3O/c1-3-14-4-8-16(12-17,9-5-14)18-15(20)19-10-6-13(2)7-11-19/h13-14H,3-11H2,1-2H3,(H,18,20). The van der Waals surface area contributed by atoms with Gasteiger partial charge in [0.2, 0.25) is 0 Å². The number of carbonyl (C=O) groups is 1. The summed E-state index contributed by atoms with van der Waals surface area (Å²) in [4.78, 5) is 14.2. The van der Waals surface area contributed by atoms with Crippen molar-refractivity contribution in [2.45, 2.75) is 64.3 Å². The zero-order valence-electron chi connectivity index (χ0n) is 12.8. The predicted octanol–water partition coefficient (Wildman–Crippen LogP) is 3.29. The van der Waals surface area contributed by atoms with Crippen molar-refractivity contribution in [1.82, 2.24) is 10.2 Å². The highest BCUT2D eigenvalue weighted by Crippen LogP contribution is 2.33. The van der Waals surface area contributed by atoms with Crippen molar-refractivity contribution in [3.05, 3.63) is 0 Å². The molecule has 0 radical (unpaired) electrons. The molecule has 0 unspecified atom stereocenters. The minimum absolute atomic E-state index is 0.0339. The number of amides is 2. The molecule has 2 rings (SSSR count). The van der Waals surface area contributed by atoms with Gasteiger partial charge in [-0.05, 0) is 50.4 Å². The molecule has 2 amide bonds. The number of nitrogens with zero attached hydrogens (tertiary/aromatic N) is 2. The summed E-state index contributed by atoms with van der Waals surface area (Å²) in [5.41, 5.74) is -0.619. The molecule has 1 saturated heterocycles. The summed E-state index contributed by atoms with van der Waals surface area (Å²) in [5, 5.41) is 12.5. The summed E-state index contributed by atoms with van der Waals surface area (Å²) in [6.07, 6.45) is 7.05. The van der Waals surface area contributed by atoms with Gasteiger partial charge in [-0.25, -0.2) is 4.79 Å². The molecule has 1 saturated carbocycles. The second-order valence-electron chi connectivity index (χ2n) is 6.65. The number of hydrogen-bond donors (Lipinski definition) is 1. The van der Waals surface area contributed by atoms with E-state index in [4.69, 9.17) is 0 Å². The molecule has 2 fully saturated rings. The van der Waals surface area contributed by atoms with Crippen LogP contribution in [0, 0.1) is 23.2 Å². The largest absolute Gasteiger partial charge is 0.325 e. The third-order valence-corrected chi connectivity index (χ3v) is 5.17. The van der Waals surface area contributed by atoms with Gasteiger partial charge in [0, 0.05) is 13.1 Å². The number of hydrogen-bond acceptors (Lipinski definition) is 2. The van der Waals surface area contributed by atoms with Gasteiger partial charge >= 0.3 is 6.03 Å². The van der Waals surface area contributed by atoms with Crippen molar-refractivity contribution in [2.24, 2.45) is 11.8 Å². The number of likely N-dealkylation sites (tertiary alicyclic amines) is 1. The Balaban J connectivity index is 1.90.